The molecule has 0 unspecified atom stereocenters. The quantitative estimate of drug-likeness (QED) is 0.760. The van der Waals surface area contributed by atoms with Gasteiger partial charge in [-0.2, -0.15) is 10.2 Å². The largest absolute Gasteiger partial charge is 0.380 e. The lowest BCUT2D eigenvalue weighted by atomic mass is 9.89. The van der Waals surface area contributed by atoms with E-state index in [1.807, 2.05) is 17.7 Å². The molecule has 1 fully saturated rings. The highest BCUT2D eigenvalue weighted by molar-refractivity contribution is 5.71. The van der Waals surface area contributed by atoms with E-state index in [0.717, 1.165) is 42.4 Å². The highest BCUT2D eigenvalue weighted by Gasteiger charge is 2.34. The fourth-order valence-electron chi connectivity index (χ4n) is 2.54. The van der Waals surface area contributed by atoms with Gasteiger partial charge in [-0.05, 0) is 6.92 Å². The summed E-state index contributed by atoms with van der Waals surface area (Å²) in [6.07, 6.45) is 3.43. The summed E-state index contributed by atoms with van der Waals surface area (Å²) >= 11 is 0. The molecule has 2 N–H and O–H groups in total. The van der Waals surface area contributed by atoms with Gasteiger partial charge in [-0.3, -0.25) is 5.10 Å². The molecule has 8 heteroatoms. The Morgan fingerprint density at radius 3 is 2.91 bits per heavy atom. The predicted octanol–water partition coefficient (Wildman–Crippen LogP) is 1.64. The van der Waals surface area contributed by atoms with E-state index in [1.54, 1.807) is 12.4 Å². The summed E-state index contributed by atoms with van der Waals surface area (Å²) in [6, 6.07) is 1.91. The number of ether oxygens (including phenoxy) is 1. The Balaban J connectivity index is 1.63. The second-order valence-electron chi connectivity index (χ2n) is 6.13. The van der Waals surface area contributed by atoms with Crippen molar-refractivity contribution in [2.45, 2.75) is 20.4 Å². The minimum absolute atomic E-state index is 0.128. The van der Waals surface area contributed by atoms with Crippen LogP contribution >= 0.6 is 0 Å². The first-order valence-corrected chi connectivity index (χ1v) is 7.17. The van der Waals surface area contributed by atoms with Gasteiger partial charge < -0.3 is 10.1 Å². The third-order valence-electron chi connectivity index (χ3n) is 3.74. The predicted molar refractivity (Wildman–Crippen MR) is 80.9 cm³/mol. The zero-order chi connectivity index (χ0) is 15.2. The van der Waals surface area contributed by atoms with Crippen LogP contribution in [0.25, 0.3) is 11.2 Å². The van der Waals surface area contributed by atoms with Crippen LogP contribution in [0.5, 0.6) is 0 Å². The summed E-state index contributed by atoms with van der Waals surface area (Å²) in [7, 11) is 0. The average molecular weight is 299 g/mol. The van der Waals surface area contributed by atoms with Crippen LogP contribution in [0, 0.1) is 12.3 Å². The third kappa shape index (κ3) is 2.31. The normalized spacial score (nSPS) is 16.6. The van der Waals surface area contributed by atoms with Crippen molar-refractivity contribution >= 4 is 22.8 Å². The number of hydrogen-bond donors (Lipinski definition) is 2. The number of aryl methyl sites for hydroxylation is 1. The van der Waals surface area contributed by atoms with Crippen LogP contribution in [-0.4, -0.2) is 43.2 Å². The number of hydrogen-bond acceptors (Lipinski definition) is 6. The van der Waals surface area contributed by atoms with E-state index in [4.69, 9.17) is 4.74 Å². The zero-order valence-electron chi connectivity index (χ0n) is 12.5. The third-order valence-corrected chi connectivity index (χ3v) is 3.74. The first-order chi connectivity index (χ1) is 10.6. The van der Waals surface area contributed by atoms with Gasteiger partial charge in [0.25, 0.3) is 0 Å². The van der Waals surface area contributed by atoms with Crippen molar-refractivity contribution in [3.05, 3.63) is 24.2 Å². The first kappa shape index (κ1) is 13.2. The highest BCUT2D eigenvalue weighted by atomic mass is 16.5. The van der Waals surface area contributed by atoms with Gasteiger partial charge in [-0.25, -0.2) is 14.6 Å². The smallest absolute Gasteiger partial charge is 0.178 e. The lowest BCUT2D eigenvalue weighted by Gasteiger charge is -2.37. The number of fused-ring (bicyclic) bond motifs is 1. The van der Waals surface area contributed by atoms with Crippen molar-refractivity contribution in [3.8, 4) is 0 Å². The minimum atomic E-state index is 0.128. The van der Waals surface area contributed by atoms with E-state index < -0.39 is 0 Å². The molecule has 0 spiro atoms. The van der Waals surface area contributed by atoms with E-state index >= 15 is 0 Å². The maximum absolute atomic E-state index is 5.30. The molecule has 22 heavy (non-hydrogen) atoms. The molecule has 3 aromatic heterocycles. The van der Waals surface area contributed by atoms with Crippen molar-refractivity contribution in [1.82, 2.24) is 29.9 Å². The number of nitrogens with zero attached hydrogens (tertiary/aromatic N) is 5. The Labute approximate surface area is 126 Å². The summed E-state index contributed by atoms with van der Waals surface area (Å²) in [6.45, 7) is 6.42. The molecule has 0 aliphatic carbocycles. The van der Waals surface area contributed by atoms with Crippen LogP contribution in [0.2, 0.25) is 0 Å². The van der Waals surface area contributed by atoms with Crippen molar-refractivity contribution in [2.24, 2.45) is 5.41 Å². The van der Waals surface area contributed by atoms with Crippen molar-refractivity contribution in [2.75, 3.05) is 18.5 Å². The summed E-state index contributed by atoms with van der Waals surface area (Å²) < 4.78 is 7.20. The second kappa shape index (κ2) is 4.77. The van der Waals surface area contributed by atoms with Gasteiger partial charge in [0.1, 0.15) is 5.52 Å². The Hall–Kier alpha value is -2.48. The Bertz CT molecular complexity index is 818. The molecule has 1 aliphatic heterocycles. The molecule has 4 heterocycles. The molecule has 0 saturated carbocycles. The van der Waals surface area contributed by atoms with Crippen LogP contribution in [-0.2, 0) is 11.3 Å². The number of H-pyrrole nitrogens is 1. The molecule has 3 aromatic rings. The average Bonchev–Trinajstić information content (AvgIpc) is 3.04. The monoisotopic (exact) mass is 299 g/mol. The van der Waals surface area contributed by atoms with E-state index in [9.17, 15) is 0 Å². The van der Waals surface area contributed by atoms with E-state index in [2.05, 4.69) is 37.5 Å². The van der Waals surface area contributed by atoms with Crippen LogP contribution in [0.3, 0.4) is 0 Å². The lowest BCUT2D eigenvalue weighted by Crippen LogP contribution is -2.43. The molecular weight excluding hydrogens is 282 g/mol. The van der Waals surface area contributed by atoms with Crippen LogP contribution in [0.1, 0.15) is 12.6 Å². The first-order valence-electron chi connectivity index (χ1n) is 7.17. The second-order valence-corrected chi connectivity index (χ2v) is 6.13. The highest BCUT2D eigenvalue weighted by Crippen LogP contribution is 2.29. The summed E-state index contributed by atoms with van der Waals surface area (Å²) in [4.78, 5) is 9.02. The van der Waals surface area contributed by atoms with Gasteiger partial charge >= 0.3 is 0 Å². The molecule has 1 aliphatic rings. The number of aromatic amines is 1. The van der Waals surface area contributed by atoms with Gasteiger partial charge in [0.15, 0.2) is 17.3 Å². The van der Waals surface area contributed by atoms with Gasteiger partial charge in [-0.15, -0.1) is 0 Å². The maximum Gasteiger partial charge on any atom is 0.178 e. The molecular formula is C14H17N7O. The fraction of sp³-hybridized carbons (Fsp3) is 0.429. The zero-order valence-corrected chi connectivity index (χ0v) is 12.5. The molecule has 0 radical (unpaired) electrons. The number of rotatable bonds is 4. The topological polar surface area (TPSA) is 93.5 Å². The molecule has 8 nitrogen and oxygen atoms in total. The van der Waals surface area contributed by atoms with E-state index in [-0.39, 0.29) is 5.41 Å². The molecule has 0 amide bonds. The molecule has 1 saturated heterocycles. The van der Waals surface area contributed by atoms with E-state index in [0.29, 0.717) is 5.82 Å². The van der Waals surface area contributed by atoms with Crippen molar-refractivity contribution in [1.29, 1.82) is 0 Å². The molecule has 0 atom stereocenters. The summed E-state index contributed by atoms with van der Waals surface area (Å²) in [5, 5.41) is 14.6. The van der Waals surface area contributed by atoms with Crippen molar-refractivity contribution < 1.29 is 4.74 Å². The van der Waals surface area contributed by atoms with Gasteiger partial charge in [0, 0.05) is 17.2 Å². The van der Waals surface area contributed by atoms with E-state index in [1.165, 1.54) is 0 Å². The standard InChI is InChI=1S/C14H17N7O/c1-9-3-11(20-19-9)17-12-5-15-10-4-16-21(13(10)18-12)6-14(2)7-22-8-14/h3-5H,6-8H2,1-2H3,(H2,17,18,19,20). The van der Waals surface area contributed by atoms with Crippen LogP contribution in [0.15, 0.2) is 18.5 Å². The van der Waals surface area contributed by atoms with Crippen molar-refractivity contribution in [3.63, 3.8) is 0 Å². The fourth-order valence-corrected chi connectivity index (χ4v) is 2.54. The Morgan fingerprint density at radius 1 is 1.36 bits per heavy atom. The molecule has 4 rings (SSSR count). The Morgan fingerprint density at radius 2 is 2.23 bits per heavy atom. The van der Waals surface area contributed by atoms with Gasteiger partial charge in [0.05, 0.1) is 32.2 Å². The van der Waals surface area contributed by atoms with Crippen LogP contribution in [0.4, 0.5) is 11.6 Å². The lowest BCUT2D eigenvalue weighted by molar-refractivity contribution is -0.111. The Kier molecular flexibility index (Phi) is 2.86. The number of nitrogens with one attached hydrogen (secondary N) is 2. The molecule has 114 valence electrons. The van der Waals surface area contributed by atoms with Crippen LogP contribution < -0.4 is 5.32 Å². The molecule has 0 aromatic carbocycles. The number of aromatic nitrogens is 6. The minimum Gasteiger partial charge on any atom is -0.380 e. The SMILES string of the molecule is Cc1cc(Nc2cnc3cnn(CC4(C)COC4)c3n2)n[nH]1. The van der Waals surface area contributed by atoms with Gasteiger partial charge in [0.2, 0.25) is 0 Å². The summed E-state index contributed by atoms with van der Waals surface area (Å²) in [5.74, 6) is 1.37. The number of anilines is 2. The van der Waals surface area contributed by atoms with Gasteiger partial charge in [-0.1, -0.05) is 6.92 Å². The summed E-state index contributed by atoms with van der Waals surface area (Å²) in [5.41, 5.74) is 2.67. The molecule has 0 bridgehead atoms. The maximum atomic E-state index is 5.30.